The zero-order chi connectivity index (χ0) is 18.9. The van der Waals surface area contributed by atoms with Crippen LogP contribution < -0.4 is 0 Å². The molecule has 142 valence electrons. The van der Waals surface area contributed by atoms with E-state index in [4.69, 9.17) is 13.9 Å². The van der Waals surface area contributed by atoms with Gasteiger partial charge in [-0.1, -0.05) is 55.4 Å². The highest BCUT2D eigenvalue weighted by molar-refractivity contribution is 6.77. The van der Waals surface area contributed by atoms with Gasteiger partial charge in [-0.3, -0.25) is 4.79 Å². The van der Waals surface area contributed by atoms with Crippen LogP contribution >= 0.6 is 0 Å². The Balaban J connectivity index is 3.21. The number of hydrogen-bond donors (Lipinski definition) is 0. The number of rotatable bonds is 7. The predicted molar refractivity (Wildman–Crippen MR) is 101 cm³/mol. The van der Waals surface area contributed by atoms with Gasteiger partial charge in [0.2, 0.25) is 8.32 Å². The summed E-state index contributed by atoms with van der Waals surface area (Å²) in [6.07, 6.45) is -0.767. The van der Waals surface area contributed by atoms with Crippen LogP contribution in [0.3, 0.4) is 0 Å². The third-order valence-corrected chi connectivity index (χ3v) is 11.4. The van der Waals surface area contributed by atoms with Gasteiger partial charge in [0, 0.05) is 0 Å². The Labute approximate surface area is 149 Å². The molecule has 0 aliphatic carbocycles. The van der Waals surface area contributed by atoms with Gasteiger partial charge in [0.05, 0.1) is 6.10 Å². The van der Waals surface area contributed by atoms with Crippen LogP contribution in [0.2, 0.25) is 16.6 Å². The lowest BCUT2D eigenvalue weighted by atomic mass is 9.98. The maximum absolute atomic E-state index is 12.5. The van der Waals surface area contributed by atoms with Gasteiger partial charge in [-0.05, 0) is 36.4 Å². The smallest absolute Gasteiger partial charge is 0.200 e. The second kappa shape index (κ2) is 7.98. The van der Waals surface area contributed by atoms with Gasteiger partial charge in [0.25, 0.3) is 0 Å². The number of carbonyl (C=O) groups is 1. The standard InChI is InChI=1S/C19H38O4Si/c1-12(2)17(18-16(20)11-21-19(9,10)22-18)23-24(13(3)4,14(5)6)15(7)8/h12-15,17-18H,11H2,1-10H3/t17-,18+/m0/s1. The van der Waals surface area contributed by atoms with Crippen LogP contribution in [0.4, 0.5) is 0 Å². The van der Waals surface area contributed by atoms with E-state index in [1.54, 1.807) is 0 Å². The molecule has 1 aliphatic rings. The molecule has 0 aromatic heterocycles. The maximum atomic E-state index is 12.5. The minimum Gasteiger partial charge on any atom is -0.410 e. The minimum atomic E-state index is -2.09. The molecule has 0 amide bonds. The molecule has 24 heavy (non-hydrogen) atoms. The first-order valence-electron chi connectivity index (χ1n) is 9.37. The zero-order valence-electron chi connectivity index (χ0n) is 17.3. The molecule has 1 saturated heterocycles. The fourth-order valence-corrected chi connectivity index (χ4v) is 9.86. The molecular formula is C19H38O4Si. The molecule has 1 fully saturated rings. The normalized spacial score (nSPS) is 23.6. The van der Waals surface area contributed by atoms with Crippen molar-refractivity contribution in [2.45, 2.75) is 104 Å². The first-order chi connectivity index (χ1) is 10.8. The van der Waals surface area contributed by atoms with Gasteiger partial charge in [-0.2, -0.15) is 0 Å². The Morgan fingerprint density at radius 3 is 1.83 bits per heavy atom. The molecule has 0 spiro atoms. The van der Waals surface area contributed by atoms with E-state index in [1.807, 2.05) is 13.8 Å². The molecule has 1 heterocycles. The molecule has 0 unspecified atom stereocenters. The number of ketones is 1. The monoisotopic (exact) mass is 358 g/mol. The fourth-order valence-electron chi connectivity index (χ4n) is 4.17. The van der Waals surface area contributed by atoms with Crippen LogP contribution in [0.1, 0.15) is 69.2 Å². The Kier molecular flexibility index (Phi) is 7.25. The molecule has 0 radical (unpaired) electrons. The van der Waals surface area contributed by atoms with Crippen molar-refractivity contribution in [1.82, 2.24) is 0 Å². The quantitative estimate of drug-likeness (QED) is 0.606. The summed E-state index contributed by atoms with van der Waals surface area (Å²) in [5.74, 6) is -0.546. The summed E-state index contributed by atoms with van der Waals surface area (Å²) < 4.78 is 18.4. The van der Waals surface area contributed by atoms with Gasteiger partial charge in [0.1, 0.15) is 12.7 Å². The van der Waals surface area contributed by atoms with Crippen LogP contribution in [-0.2, 0) is 18.7 Å². The first kappa shape index (κ1) is 21.8. The average Bonchev–Trinajstić information content (AvgIpc) is 2.41. The molecule has 0 N–H and O–H groups in total. The Morgan fingerprint density at radius 1 is 1.00 bits per heavy atom. The Hall–Kier alpha value is -0.233. The number of ether oxygens (including phenoxy) is 2. The Bertz CT molecular complexity index is 407. The van der Waals surface area contributed by atoms with Crippen molar-refractivity contribution < 1.29 is 18.7 Å². The van der Waals surface area contributed by atoms with E-state index in [9.17, 15) is 4.79 Å². The van der Waals surface area contributed by atoms with E-state index in [-0.39, 0.29) is 24.4 Å². The van der Waals surface area contributed by atoms with Crippen molar-refractivity contribution in [3.05, 3.63) is 0 Å². The first-order valence-corrected chi connectivity index (χ1v) is 11.5. The van der Waals surface area contributed by atoms with Crippen molar-refractivity contribution in [3.63, 3.8) is 0 Å². The summed E-state index contributed by atoms with van der Waals surface area (Å²) in [6, 6.07) is 0. The summed E-state index contributed by atoms with van der Waals surface area (Å²) in [4.78, 5) is 12.5. The topological polar surface area (TPSA) is 44.8 Å². The van der Waals surface area contributed by atoms with Crippen molar-refractivity contribution in [2.24, 2.45) is 5.92 Å². The number of hydrogen-bond acceptors (Lipinski definition) is 4. The molecule has 5 heteroatoms. The molecule has 0 bridgehead atoms. The lowest BCUT2D eigenvalue weighted by Crippen LogP contribution is -2.58. The predicted octanol–water partition coefficient (Wildman–Crippen LogP) is 4.92. The highest BCUT2D eigenvalue weighted by atomic mass is 28.4. The third kappa shape index (κ3) is 4.48. The number of carbonyl (C=O) groups excluding carboxylic acids is 1. The zero-order valence-corrected chi connectivity index (χ0v) is 18.3. The molecule has 0 saturated carbocycles. The minimum absolute atomic E-state index is 0.00723. The van der Waals surface area contributed by atoms with E-state index in [0.29, 0.717) is 16.6 Å². The van der Waals surface area contributed by atoms with Crippen molar-refractivity contribution in [1.29, 1.82) is 0 Å². The van der Waals surface area contributed by atoms with Crippen molar-refractivity contribution >= 4 is 14.1 Å². The van der Waals surface area contributed by atoms with Gasteiger partial charge in [-0.15, -0.1) is 0 Å². The summed E-state index contributed by atoms with van der Waals surface area (Å²) in [7, 11) is -2.09. The van der Waals surface area contributed by atoms with E-state index in [2.05, 4.69) is 55.4 Å². The van der Waals surface area contributed by atoms with Crippen LogP contribution in [0, 0.1) is 5.92 Å². The molecule has 1 rings (SSSR count). The van der Waals surface area contributed by atoms with Gasteiger partial charge >= 0.3 is 0 Å². The Morgan fingerprint density at radius 2 is 1.46 bits per heavy atom. The summed E-state index contributed by atoms with van der Waals surface area (Å²) in [6.45, 7) is 21.6. The molecule has 2 atom stereocenters. The lowest BCUT2D eigenvalue weighted by molar-refractivity contribution is -0.272. The molecule has 0 aromatic carbocycles. The second-order valence-corrected chi connectivity index (χ2v) is 14.2. The van der Waals surface area contributed by atoms with Gasteiger partial charge < -0.3 is 13.9 Å². The van der Waals surface area contributed by atoms with Crippen LogP contribution in [-0.4, -0.2) is 38.7 Å². The second-order valence-electron chi connectivity index (χ2n) is 8.84. The summed E-state index contributed by atoms with van der Waals surface area (Å²) >= 11 is 0. The van der Waals surface area contributed by atoms with Crippen molar-refractivity contribution in [2.75, 3.05) is 6.61 Å². The van der Waals surface area contributed by atoms with E-state index in [0.717, 1.165) is 0 Å². The fraction of sp³-hybridized carbons (Fsp3) is 0.947. The van der Waals surface area contributed by atoms with E-state index < -0.39 is 20.2 Å². The van der Waals surface area contributed by atoms with Crippen LogP contribution in [0.5, 0.6) is 0 Å². The SMILES string of the molecule is CC(C)[C@H](O[Si](C(C)C)(C(C)C)C(C)C)[C@@H]1OC(C)(C)OCC1=O. The third-order valence-electron chi connectivity index (χ3n) is 5.29. The van der Waals surface area contributed by atoms with Crippen LogP contribution in [0.25, 0.3) is 0 Å². The van der Waals surface area contributed by atoms with E-state index >= 15 is 0 Å². The van der Waals surface area contributed by atoms with E-state index in [1.165, 1.54) is 0 Å². The van der Waals surface area contributed by atoms with Crippen LogP contribution in [0.15, 0.2) is 0 Å². The molecule has 4 nitrogen and oxygen atoms in total. The summed E-state index contributed by atoms with van der Waals surface area (Å²) in [5, 5.41) is 0. The highest BCUT2D eigenvalue weighted by Crippen LogP contribution is 2.44. The van der Waals surface area contributed by atoms with Gasteiger partial charge in [-0.25, -0.2) is 0 Å². The average molecular weight is 359 g/mol. The molecular weight excluding hydrogens is 320 g/mol. The van der Waals surface area contributed by atoms with Gasteiger partial charge in [0.15, 0.2) is 11.6 Å². The largest absolute Gasteiger partial charge is 0.410 e. The molecule has 0 aromatic rings. The maximum Gasteiger partial charge on any atom is 0.200 e. The molecule has 1 aliphatic heterocycles. The van der Waals surface area contributed by atoms with Crippen molar-refractivity contribution in [3.8, 4) is 0 Å². The highest BCUT2D eigenvalue weighted by Gasteiger charge is 2.50. The lowest BCUT2D eigenvalue weighted by Gasteiger charge is -2.48. The number of Topliss-reactive ketones (excluding diaryl/α,β-unsaturated/α-hetero) is 1. The summed E-state index contributed by atoms with van der Waals surface area (Å²) in [5.41, 5.74) is 1.42.